The molecular weight excluding hydrogens is 278 g/mol. The van der Waals surface area contributed by atoms with Gasteiger partial charge < -0.3 is 15.2 Å². The third kappa shape index (κ3) is 2.86. The molecule has 0 saturated heterocycles. The van der Waals surface area contributed by atoms with Crippen molar-refractivity contribution in [2.24, 2.45) is 0 Å². The van der Waals surface area contributed by atoms with Gasteiger partial charge in [0.25, 0.3) is 5.91 Å². The molecule has 104 valence electrons. The number of benzene rings is 2. The zero-order valence-corrected chi connectivity index (χ0v) is 11.9. The molecule has 2 aromatic rings. The lowest BCUT2D eigenvalue weighted by Crippen LogP contribution is -2.14. The first-order valence-corrected chi connectivity index (χ1v) is 6.34. The van der Waals surface area contributed by atoms with Gasteiger partial charge in [-0.3, -0.25) is 4.79 Å². The Labute approximate surface area is 122 Å². The Morgan fingerprint density at radius 1 is 1.30 bits per heavy atom. The first kappa shape index (κ1) is 14.2. The van der Waals surface area contributed by atoms with Crippen molar-refractivity contribution in [3.05, 3.63) is 52.5 Å². The van der Waals surface area contributed by atoms with Crippen LogP contribution in [0.3, 0.4) is 0 Å². The van der Waals surface area contributed by atoms with Crippen LogP contribution >= 0.6 is 11.6 Å². The van der Waals surface area contributed by atoms with Crippen LogP contribution in [0.5, 0.6) is 11.5 Å². The van der Waals surface area contributed by atoms with Crippen LogP contribution < -0.4 is 10.1 Å². The maximum atomic E-state index is 12.3. The van der Waals surface area contributed by atoms with Gasteiger partial charge in [-0.1, -0.05) is 23.7 Å². The number of hydrogen-bond donors (Lipinski definition) is 2. The predicted octanol–water partition coefficient (Wildman–Crippen LogP) is 3.61. The quantitative estimate of drug-likeness (QED) is 0.908. The Morgan fingerprint density at radius 2 is 2.05 bits per heavy atom. The molecule has 0 aliphatic carbocycles. The van der Waals surface area contributed by atoms with Gasteiger partial charge in [0.1, 0.15) is 17.1 Å². The molecule has 0 atom stereocenters. The number of halogens is 1. The molecule has 2 N–H and O–H groups in total. The van der Waals surface area contributed by atoms with Gasteiger partial charge in [-0.2, -0.15) is 0 Å². The van der Waals surface area contributed by atoms with Gasteiger partial charge in [0, 0.05) is 10.7 Å². The van der Waals surface area contributed by atoms with Crippen LogP contribution in [0.25, 0.3) is 0 Å². The lowest BCUT2D eigenvalue weighted by Gasteiger charge is -2.12. The second-order valence-electron chi connectivity index (χ2n) is 4.27. The average molecular weight is 292 g/mol. The van der Waals surface area contributed by atoms with Gasteiger partial charge in [0.05, 0.1) is 7.11 Å². The van der Waals surface area contributed by atoms with E-state index >= 15 is 0 Å². The number of phenolic OH excluding ortho intramolecular Hbond substituents is 1. The van der Waals surface area contributed by atoms with Gasteiger partial charge in [-0.25, -0.2) is 0 Å². The number of phenols is 1. The summed E-state index contributed by atoms with van der Waals surface area (Å²) >= 11 is 5.91. The molecule has 0 spiro atoms. The van der Waals surface area contributed by atoms with Crippen LogP contribution in [0.4, 0.5) is 5.69 Å². The van der Waals surface area contributed by atoms with Gasteiger partial charge in [0.15, 0.2) is 0 Å². The smallest absolute Gasteiger partial charge is 0.263 e. The van der Waals surface area contributed by atoms with E-state index in [2.05, 4.69) is 5.32 Å². The van der Waals surface area contributed by atoms with Crippen LogP contribution in [0, 0.1) is 6.92 Å². The standard InChI is InChI=1S/C15H14ClNO3/c1-9-6-7-10(16)8-11(9)17-15(19)14-12(18)4-3-5-13(14)20-2/h3-8,18H,1-2H3,(H,17,19). The monoisotopic (exact) mass is 291 g/mol. The van der Waals surface area contributed by atoms with E-state index < -0.39 is 5.91 Å². The number of aromatic hydroxyl groups is 1. The molecular formula is C15H14ClNO3. The molecule has 0 aromatic heterocycles. The van der Waals surface area contributed by atoms with Crippen molar-refractivity contribution < 1.29 is 14.6 Å². The topological polar surface area (TPSA) is 58.6 Å². The Hall–Kier alpha value is -2.20. The number of methoxy groups -OCH3 is 1. The Morgan fingerprint density at radius 3 is 2.75 bits per heavy atom. The normalized spacial score (nSPS) is 10.2. The Kier molecular flexibility index (Phi) is 4.15. The van der Waals surface area contributed by atoms with Gasteiger partial charge >= 0.3 is 0 Å². The van der Waals surface area contributed by atoms with Crippen LogP contribution in [0.15, 0.2) is 36.4 Å². The maximum absolute atomic E-state index is 12.3. The van der Waals surface area contributed by atoms with Crippen LogP contribution in [-0.4, -0.2) is 18.1 Å². The highest BCUT2D eigenvalue weighted by Crippen LogP contribution is 2.29. The lowest BCUT2D eigenvalue weighted by molar-refractivity contribution is 0.102. The highest BCUT2D eigenvalue weighted by atomic mass is 35.5. The summed E-state index contributed by atoms with van der Waals surface area (Å²) in [5, 5.41) is 13.1. The molecule has 0 heterocycles. The van der Waals surface area contributed by atoms with Gasteiger partial charge in [-0.05, 0) is 36.8 Å². The maximum Gasteiger partial charge on any atom is 0.263 e. The SMILES string of the molecule is COc1cccc(O)c1C(=O)Nc1cc(Cl)ccc1C. The predicted molar refractivity (Wildman–Crippen MR) is 78.8 cm³/mol. The highest BCUT2D eigenvalue weighted by Gasteiger charge is 2.17. The van der Waals surface area contributed by atoms with Crippen molar-refractivity contribution >= 4 is 23.2 Å². The van der Waals surface area contributed by atoms with Crippen molar-refractivity contribution in [1.82, 2.24) is 0 Å². The Balaban J connectivity index is 2.36. The third-order valence-corrected chi connectivity index (χ3v) is 3.13. The number of aryl methyl sites for hydroxylation is 1. The van der Waals surface area contributed by atoms with E-state index in [1.54, 1.807) is 30.3 Å². The molecule has 0 unspecified atom stereocenters. The molecule has 0 fully saturated rings. The molecule has 2 rings (SSSR count). The first-order valence-electron chi connectivity index (χ1n) is 5.96. The van der Waals surface area contributed by atoms with Crippen LogP contribution in [0.1, 0.15) is 15.9 Å². The number of nitrogens with one attached hydrogen (secondary N) is 1. The summed E-state index contributed by atoms with van der Waals surface area (Å²) in [6.45, 7) is 1.86. The minimum Gasteiger partial charge on any atom is -0.507 e. The molecule has 0 bridgehead atoms. The van der Waals surface area contributed by atoms with E-state index in [0.29, 0.717) is 16.5 Å². The number of ether oxygens (including phenoxy) is 1. The fourth-order valence-corrected chi connectivity index (χ4v) is 2.00. The van der Waals surface area contributed by atoms with E-state index in [4.69, 9.17) is 16.3 Å². The molecule has 0 aliphatic heterocycles. The molecule has 0 radical (unpaired) electrons. The Bertz CT molecular complexity index is 656. The number of anilines is 1. The number of hydrogen-bond acceptors (Lipinski definition) is 3. The van der Waals surface area contributed by atoms with Gasteiger partial charge in [-0.15, -0.1) is 0 Å². The van der Waals surface area contributed by atoms with Crippen molar-refractivity contribution in [3.8, 4) is 11.5 Å². The van der Waals surface area contributed by atoms with E-state index in [-0.39, 0.29) is 11.3 Å². The third-order valence-electron chi connectivity index (χ3n) is 2.90. The van der Waals surface area contributed by atoms with Crippen molar-refractivity contribution in [2.75, 3.05) is 12.4 Å². The first-order chi connectivity index (χ1) is 9.52. The van der Waals surface area contributed by atoms with Crippen LogP contribution in [-0.2, 0) is 0 Å². The van der Waals surface area contributed by atoms with Crippen LogP contribution in [0.2, 0.25) is 5.02 Å². The molecule has 0 aliphatic rings. The van der Waals surface area contributed by atoms with E-state index in [0.717, 1.165) is 5.56 Å². The molecule has 1 amide bonds. The summed E-state index contributed by atoms with van der Waals surface area (Å²) in [4.78, 5) is 12.3. The molecule has 5 heteroatoms. The van der Waals surface area contributed by atoms with Crippen molar-refractivity contribution in [3.63, 3.8) is 0 Å². The minimum absolute atomic E-state index is 0.0920. The molecule has 2 aromatic carbocycles. The summed E-state index contributed by atoms with van der Waals surface area (Å²) < 4.78 is 5.09. The summed E-state index contributed by atoms with van der Waals surface area (Å²) in [6, 6.07) is 9.85. The lowest BCUT2D eigenvalue weighted by atomic mass is 10.1. The summed E-state index contributed by atoms with van der Waals surface area (Å²) in [7, 11) is 1.44. The fraction of sp³-hybridized carbons (Fsp3) is 0.133. The minimum atomic E-state index is -0.453. The molecule has 0 saturated carbocycles. The summed E-state index contributed by atoms with van der Waals surface area (Å²) in [5.74, 6) is -0.283. The number of rotatable bonds is 3. The molecule has 20 heavy (non-hydrogen) atoms. The second-order valence-corrected chi connectivity index (χ2v) is 4.70. The van der Waals surface area contributed by atoms with E-state index in [1.807, 2.05) is 6.92 Å². The number of carbonyl (C=O) groups excluding carboxylic acids is 1. The zero-order valence-electron chi connectivity index (χ0n) is 11.1. The van der Waals surface area contributed by atoms with E-state index in [1.165, 1.54) is 13.2 Å². The zero-order chi connectivity index (χ0) is 14.7. The molecule has 4 nitrogen and oxygen atoms in total. The highest BCUT2D eigenvalue weighted by molar-refractivity contribution is 6.31. The van der Waals surface area contributed by atoms with Gasteiger partial charge in [0.2, 0.25) is 0 Å². The number of amides is 1. The number of carbonyl (C=O) groups is 1. The largest absolute Gasteiger partial charge is 0.507 e. The van der Waals surface area contributed by atoms with E-state index in [9.17, 15) is 9.90 Å². The summed E-state index contributed by atoms with van der Waals surface area (Å²) in [6.07, 6.45) is 0. The fourth-order valence-electron chi connectivity index (χ4n) is 1.83. The van der Waals surface area contributed by atoms with Crippen molar-refractivity contribution in [2.45, 2.75) is 6.92 Å². The summed E-state index contributed by atoms with van der Waals surface area (Å²) in [5.41, 5.74) is 1.55. The second kappa shape index (κ2) is 5.84. The average Bonchev–Trinajstić information content (AvgIpc) is 2.42. The van der Waals surface area contributed by atoms with Crippen molar-refractivity contribution in [1.29, 1.82) is 0 Å².